The van der Waals surface area contributed by atoms with Crippen molar-refractivity contribution in [3.05, 3.63) is 24.0 Å². The Kier molecular flexibility index (Phi) is 6.63. The van der Waals surface area contributed by atoms with Gasteiger partial charge in [0.25, 0.3) is 0 Å². The number of rotatable bonds is 6. The first kappa shape index (κ1) is 18.7. The summed E-state index contributed by atoms with van der Waals surface area (Å²) in [6, 6.07) is 1.97. The van der Waals surface area contributed by atoms with Crippen molar-refractivity contribution >= 4 is 5.97 Å². The summed E-state index contributed by atoms with van der Waals surface area (Å²) in [6.07, 6.45) is 5.03. The molecule has 2 rings (SSSR count). The van der Waals surface area contributed by atoms with E-state index in [4.69, 9.17) is 4.74 Å². The van der Waals surface area contributed by atoms with Crippen LogP contribution in [0.3, 0.4) is 0 Å². The number of ether oxygens (including phenoxy) is 1. The Morgan fingerprint density at radius 3 is 2.46 bits per heavy atom. The minimum Gasteiger partial charge on any atom is -0.425 e. The van der Waals surface area contributed by atoms with Crippen LogP contribution in [0.15, 0.2) is 18.3 Å². The number of halogens is 3. The van der Waals surface area contributed by atoms with Crippen LogP contribution < -0.4 is 4.74 Å². The zero-order valence-electron chi connectivity index (χ0n) is 13.9. The van der Waals surface area contributed by atoms with Crippen LogP contribution in [0.25, 0.3) is 0 Å². The lowest BCUT2D eigenvalue weighted by Gasteiger charge is -2.27. The maximum absolute atomic E-state index is 12.5. The van der Waals surface area contributed by atoms with E-state index in [0.717, 1.165) is 44.0 Å². The van der Waals surface area contributed by atoms with Gasteiger partial charge >= 0.3 is 12.1 Å². The Morgan fingerprint density at radius 1 is 1.21 bits per heavy atom. The van der Waals surface area contributed by atoms with E-state index in [1.54, 1.807) is 0 Å². The zero-order chi connectivity index (χ0) is 17.6. The molecule has 3 nitrogen and oxygen atoms in total. The van der Waals surface area contributed by atoms with Gasteiger partial charge in [0.1, 0.15) is 11.4 Å². The van der Waals surface area contributed by atoms with Crippen molar-refractivity contribution in [2.24, 2.45) is 11.8 Å². The third-order valence-corrected chi connectivity index (χ3v) is 4.64. The fourth-order valence-electron chi connectivity index (χ4n) is 3.18. The quantitative estimate of drug-likeness (QED) is 0.513. The number of carbonyl (C=O) groups is 1. The molecular weight excluding hydrogens is 319 g/mol. The van der Waals surface area contributed by atoms with Gasteiger partial charge in [0, 0.05) is 0 Å². The maximum Gasteiger partial charge on any atom is 0.433 e. The van der Waals surface area contributed by atoms with E-state index in [1.165, 1.54) is 25.7 Å². The Balaban J connectivity index is 1.79. The number of esters is 1. The molecule has 0 atom stereocenters. The van der Waals surface area contributed by atoms with E-state index in [2.05, 4.69) is 11.9 Å². The van der Waals surface area contributed by atoms with Gasteiger partial charge < -0.3 is 4.74 Å². The average Bonchev–Trinajstić information content (AvgIpc) is 2.55. The lowest BCUT2D eigenvalue weighted by atomic mass is 9.80. The van der Waals surface area contributed by atoms with E-state index in [9.17, 15) is 18.0 Å². The Hall–Kier alpha value is -1.59. The first-order valence-electron chi connectivity index (χ1n) is 8.65. The predicted molar refractivity (Wildman–Crippen MR) is 84.5 cm³/mol. The molecule has 1 fully saturated rings. The molecular formula is C18H24F3NO2. The fraction of sp³-hybridized carbons (Fsp3) is 0.667. The molecule has 0 aromatic carbocycles. The topological polar surface area (TPSA) is 39.2 Å². The van der Waals surface area contributed by atoms with Crippen molar-refractivity contribution in [2.45, 2.75) is 64.5 Å². The minimum atomic E-state index is -4.49. The molecule has 1 heterocycles. The molecule has 0 amide bonds. The SMILES string of the molecule is CCCCC[C@H]1CC[C@H](C(=O)Oc2ccc(C(F)(F)F)nc2)CC1. The predicted octanol–water partition coefficient (Wildman–Crippen LogP) is 5.39. The normalized spacial score (nSPS) is 21.5. The van der Waals surface area contributed by atoms with Gasteiger partial charge in [0.2, 0.25) is 0 Å². The zero-order valence-corrected chi connectivity index (χ0v) is 13.9. The largest absolute Gasteiger partial charge is 0.433 e. The average molecular weight is 343 g/mol. The van der Waals surface area contributed by atoms with Crippen LogP contribution in [0, 0.1) is 11.8 Å². The highest BCUT2D eigenvalue weighted by molar-refractivity contribution is 5.75. The lowest BCUT2D eigenvalue weighted by molar-refractivity contribution is -0.141. The highest BCUT2D eigenvalue weighted by Crippen LogP contribution is 2.33. The molecule has 0 radical (unpaired) electrons. The van der Waals surface area contributed by atoms with Crippen LogP contribution in [0.4, 0.5) is 13.2 Å². The van der Waals surface area contributed by atoms with Crippen molar-refractivity contribution in [1.29, 1.82) is 0 Å². The number of pyridine rings is 1. The number of hydrogen-bond acceptors (Lipinski definition) is 3. The highest BCUT2D eigenvalue weighted by atomic mass is 19.4. The molecule has 0 N–H and O–H groups in total. The first-order valence-corrected chi connectivity index (χ1v) is 8.65. The summed E-state index contributed by atoms with van der Waals surface area (Å²) >= 11 is 0. The van der Waals surface area contributed by atoms with Crippen molar-refractivity contribution in [3.63, 3.8) is 0 Å². The van der Waals surface area contributed by atoms with Gasteiger partial charge in [-0.05, 0) is 43.7 Å². The summed E-state index contributed by atoms with van der Waals surface area (Å²) in [7, 11) is 0. The van der Waals surface area contributed by atoms with Crippen molar-refractivity contribution in [3.8, 4) is 5.75 Å². The van der Waals surface area contributed by atoms with Crippen molar-refractivity contribution in [2.75, 3.05) is 0 Å². The second-order valence-corrected chi connectivity index (χ2v) is 6.51. The molecule has 134 valence electrons. The highest BCUT2D eigenvalue weighted by Gasteiger charge is 2.32. The summed E-state index contributed by atoms with van der Waals surface area (Å²) in [5.74, 6) is 0.240. The molecule has 1 aliphatic carbocycles. The van der Waals surface area contributed by atoms with E-state index in [0.29, 0.717) is 5.92 Å². The number of carbonyl (C=O) groups excluding carboxylic acids is 1. The van der Waals surface area contributed by atoms with Gasteiger partial charge in [0.15, 0.2) is 0 Å². The van der Waals surface area contributed by atoms with Gasteiger partial charge in [-0.2, -0.15) is 13.2 Å². The summed E-state index contributed by atoms with van der Waals surface area (Å²) in [5.41, 5.74) is -0.991. The monoisotopic (exact) mass is 343 g/mol. The number of aromatic nitrogens is 1. The van der Waals surface area contributed by atoms with Gasteiger partial charge in [-0.15, -0.1) is 0 Å². The molecule has 0 aliphatic heterocycles. The van der Waals surface area contributed by atoms with Crippen molar-refractivity contribution < 1.29 is 22.7 Å². The Morgan fingerprint density at radius 2 is 1.92 bits per heavy atom. The van der Waals surface area contributed by atoms with E-state index >= 15 is 0 Å². The third kappa shape index (κ3) is 5.49. The second-order valence-electron chi connectivity index (χ2n) is 6.51. The molecule has 1 aromatic heterocycles. The second kappa shape index (κ2) is 8.49. The van der Waals surface area contributed by atoms with E-state index in [1.807, 2.05) is 0 Å². The number of alkyl halides is 3. The lowest BCUT2D eigenvalue weighted by Crippen LogP contribution is -2.25. The van der Waals surface area contributed by atoms with Gasteiger partial charge in [-0.1, -0.05) is 32.6 Å². The Bertz CT molecular complexity index is 520. The standard InChI is InChI=1S/C18H24F3NO2/c1-2-3-4-5-13-6-8-14(9-7-13)17(23)24-15-10-11-16(22-12-15)18(19,20)21/h10-14H,2-9H2,1H3/t13-,14-. The van der Waals surface area contributed by atoms with Crippen LogP contribution in [-0.2, 0) is 11.0 Å². The summed E-state index contributed by atoms with van der Waals surface area (Å²) in [4.78, 5) is 15.4. The van der Waals surface area contributed by atoms with Crippen LogP contribution in [-0.4, -0.2) is 11.0 Å². The number of hydrogen-bond donors (Lipinski definition) is 0. The number of nitrogens with zero attached hydrogens (tertiary/aromatic N) is 1. The summed E-state index contributed by atoms with van der Waals surface area (Å²) in [6.45, 7) is 2.18. The summed E-state index contributed by atoms with van der Waals surface area (Å²) in [5, 5.41) is 0. The van der Waals surface area contributed by atoms with E-state index < -0.39 is 11.9 Å². The van der Waals surface area contributed by atoms with Crippen LogP contribution in [0.1, 0.15) is 64.0 Å². The number of unbranched alkanes of at least 4 members (excludes halogenated alkanes) is 2. The molecule has 0 unspecified atom stereocenters. The maximum atomic E-state index is 12.5. The van der Waals surface area contributed by atoms with Gasteiger partial charge in [-0.25, -0.2) is 4.98 Å². The molecule has 1 aliphatic rings. The molecule has 1 aromatic rings. The van der Waals surface area contributed by atoms with E-state index in [-0.39, 0.29) is 17.6 Å². The Labute approximate surface area is 140 Å². The molecule has 6 heteroatoms. The van der Waals surface area contributed by atoms with Crippen LogP contribution >= 0.6 is 0 Å². The van der Waals surface area contributed by atoms with Gasteiger partial charge in [-0.3, -0.25) is 4.79 Å². The summed E-state index contributed by atoms with van der Waals surface area (Å²) < 4.78 is 42.5. The molecule has 24 heavy (non-hydrogen) atoms. The first-order chi connectivity index (χ1) is 11.4. The van der Waals surface area contributed by atoms with Crippen LogP contribution in [0.5, 0.6) is 5.75 Å². The smallest absolute Gasteiger partial charge is 0.425 e. The van der Waals surface area contributed by atoms with Crippen molar-refractivity contribution in [1.82, 2.24) is 4.98 Å². The fourth-order valence-corrected chi connectivity index (χ4v) is 3.18. The molecule has 0 bridgehead atoms. The molecule has 1 saturated carbocycles. The minimum absolute atomic E-state index is 0.0677. The van der Waals surface area contributed by atoms with Gasteiger partial charge in [0.05, 0.1) is 12.1 Å². The molecule has 0 saturated heterocycles. The van der Waals surface area contributed by atoms with Crippen LogP contribution in [0.2, 0.25) is 0 Å². The third-order valence-electron chi connectivity index (χ3n) is 4.64. The molecule has 0 spiro atoms.